The standard InChI is InChI=1S/C23H19ClN2O4/c1-16-3-2-4-21(13-16)29-15-22(27)26-25-14-17-5-11-20(12-6-17)30-23(28)18-7-9-19(24)10-8-18/h2-14H,15H2,1H3,(H,26,27). The van der Waals surface area contributed by atoms with Crippen LogP contribution in [0.4, 0.5) is 0 Å². The van der Waals surface area contributed by atoms with Crippen molar-refractivity contribution in [3.63, 3.8) is 0 Å². The minimum atomic E-state index is -0.478. The van der Waals surface area contributed by atoms with Crippen LogP contribution in [0, 0.1) is 6.92 Å². The number of ether oxygens (including phenoxy) is 2. The third-order valence-electron chi connectivity index (χ3n) is 3.93. The average molecular weight is 423 g/mol. The van der Waals surface area contributed by atoms with E-state index in [0.717, 1.165) is 11.1 Å². The van der Waals surface area contributed by atoms with E-state index in [1.54, 1.807) is 54.6 Å². The molecule has 1 amide bonds. The van der Waals surface area contributed by atoms with Crippen molar-refractivity contribution in [3.05, 3.63) is 94.5 Å². The van der Waals surface area contributed by atoms with Crippen LogP contribution in [0.25, 0.3) is 0 Å². The SMILES string of the molecule is Cc1cccc(OCC(=O)NN=Cc2ccc(OC(=O)c3ccc(Cl)cc3)cc2)c1. The molecule has 0 aliphatic carbocycles. The predicted octanol–water partition coefficient (Wildman–Crippen LogP) is 4.40. The number of halogens is 1. The van der Waals surface area contributed by atoms with Crippen LogP contribution in [0.5, 0.6) is 11.5 Å². The Morgan fingerprint density at radius 2 is 1.73 bits per heavy atom. The fraction of sp³-hybridized carbons (Fsp3) is 0.0870. The molecule has 0 aliphatic heterocycles. The number of aryl methyl sites for hydroxylation is 1. The van der Waals surface area contributed by atoms with Gasteiger partial charge in [-0.1, -0.05) is 23.7 Å². The van der Waals surface area contributed by atoms with Gasteiger partial charge in [0, 0.05) is 5.02 Å². The van der Waals surface area contributed by atoms with Crippen molar-refractivity contribution in [1.29, 1.82) is 0 Å². The van der Waals surface area contributed by atoms with Gasteiger partial charge in [-0.05, 0) is 78.7 Å². The third-order valence-corrected chi connectivity index (χ3v) is 4.18. The largest absolute Gasteiger partial charge is 0.484 e. The van der Waals surface area contributed by atoms with Crippen molar-refractivity contribution in [3.8, 4) is 11.5 Å². The van der Waals surface area contributed by atoms with E-state index in [0.29, 0.717) is 22.1 Å². The summed E-state index contributed by atoms with van der Waals surface area (Å²) in [5.41, 5.74) is 4.57. The van der Waals surface area contributed by atoms with E-state index < -0.39 is 5.97 Å². The molecule has 0 unspecified atom stereocenters. The molecule has 3 rings (SSSR count). The van der Waals surface area contributed by atoms with Crippen molar-refractivity contribution in [1.82, 2.24) is 5.43 Å². The first-order valence-corrected chi connectivity index (χ1v) is 9.46. The summed E-state index contributed by atoms with van der Waals surface area (Å²) in [5.74, 6) is 0.163. The molecular weight excluding hydrogens is 404 g/mol. The summed E-state index contributed by atoms with van der Waals surface area (Å²) >= 11 is 5.81. The van der Waals surface area contributed by atoms with Crippen molar-refractivity contribution in [2.45, 2.75) is 6.92 Å². The molecule has 0 saturated carbocycles. The van der Waals surface area contributed by atoms with Crippen LogP contribution >= 0.6 is 11.6 Å². The molecule has 6 nitrogen and oxygen atoms in total. The molecule has 3 aromatic carbocycles. The van der Waals surface area contributed by atoms with E-state index in [1.165, 1.54) is 6.21 Å². The molecule has 0 saturated heterocycles. The van der Waals surface area contributed by atoms with Gasteiger partial charge in [-0.25, -0.2) is 10.2 Å². The highest BCUT2D eigenvalue weighted by atomic mass is 35.5. The monoisotopic (exact) mass is 422 g/mol. The molecule has 0 spiro atoms. The quantitative estimate of drug-likeness (QED) is 0.265. The number of nitrogens with one attached hydrogen (secondary N) is 1. The summed E-state index contributed by atoms with van der Waals surface area (Å²) in [6, 6.07) is 20.6. The second-order valence-corrected chi connectivity index (χ2v) is 6.80. The molecule has 0 heterocycles. The number of hydrogen-bond donors (Lipinski definition) is 1. The number of rotatable bonds is 7. The van der Waals surface area contributed by atoms with Crippen LogP contribution in [-0.4, -0.2) is 24.7 Å². The number of hydrogen-bond acceptors (Lipinski definition) is 5. The van der Waals surface area contributed by atoms with Gasteiger partial charge in [0.15, 0.2) is 6.61 Å². The molecule has 1 N–H and O–H groups in total. The highest BCUT2D eigenvalue weighted by Gasteiger charge is 2.08. The number of carbonyl (C=O) groups excluding carboxylic acids is 2. The first-order valence-electron chi connectivity index (χ1n) is 9.09. The molecule has 0 fully saturated rings. The Kier molecular flexibility index (Phi) is 7.19. The van der Waals surface area contributed by atoms with Gasteiger partial charge >= 0.3 is 5.97 Å². The van der Waals surface area contributed by atoms with E-state index in [-0.39, 0.29) is 12.5 Å². The number of hydrazone groups is 1. The van der Waals surface area contributed by atoms with Gasteiger partial charge in [-0.2, -0.15) is 5.10 Å². The number of nitrogens with zero attached hydrogens (tertiary/aromatic N) is 1. The summed E-state index contributed by atoms with van der Waals surface area (Å²) in [7, 11) is 0. The lowest BCUT2D eigenvalue weighted by Gasteiger charge is -2.06. The molecule has 0 aliphatic rings. The number of amides is 1. The lowest BCUT2D eigenvalue weighted by atomic mass is 10.2. The Bertz CT molecular complexity index is 1050. The second-order valence-electron chi connectivity index (χ2n) is 6.36. The van der Waals surface area contributed by atoms with E-state index in [4.69, 9.17) is 21.1 Å². The third kappa shape index (κ3) is 6.46. The van der Waals surface area contributed by atoms with Gasteiger partial charge in [0.25, 0.3) is 5.91 Å². The zero-order chi connectivity index (χ0) is 21.3. The van der Waals surface area contributed by atoms with Crippen molar-refractivity contribution >= 4 is 29.7 Å². The number of carbonyl (C=O) groups is 2. The number of benzene rings is 3. The Labute approximate surface area is 179 Å². The second kappa shape index (κ2) is 10.2. The van der Waals surface area contributed by atoms with Gasteiger partial charge < -0.3 is 9.47 Å². The first-order chi connectivity index (χ1) is 14.5. The van der Waals surface area contributed by atoms with Gasteiger partial charge in [-0.3, -0.25) is 4.79 Å². The first kappa shape index (κ1) is 21.1. The number of esters is 1. The smallest absolute Gasteiger partial charge is 0.343 e. The maximum Gasteiger partial charge on any atom is 0.343 e. The molecule has 3 aromatic rings. The fourth-order valence-electron chi connectivity index (χ4n) is 2.44. The molecular formula is C23H19ClN2O4. The van der Waals surface area contributed by atoms with Crippen LogP contribution in [0.1, 0.15) is 21.5 Å². The van der Waals surface area contributed by atoms with E-state index in [1.807, 2.05) is 25.1 Å². The minimum Gasteiger partial charge on any atom is -0.484 e. The van der Waals surface area contributed by atoms with Crippen molar-refractivity contribution in [2.24, 2.45) is 5.10 Å². The minimum absolute atomic E-state index is 0.139. The molecule has 152 valence electrons. The van der Waals surface area contributed by atoms with E-state index in [2.05, 4.69) is 10.5 Å². The van der Waals surface area contributed by atoms with Crippen LogP contribution in [0.2, 0.25) is 5.02 Å². The Hall–Kier alpha value is -3.64. The predicted molar refractivity (Wildman–Crippen MR) is 115 cm³/mol. The summed E-state index contributed by atoms with van der Waals surface area (Å²) in [6.45, 7) is 1.81. The maximum atomic E-state index is 12.1. The average Bonchev–Trinajstić information content (AvgIpc) is 2.74. The normalized spacial score (nSPS) is 10.6. The fourth-order valence-corrected chi connectivity index (χ4v) is 2.56. The summed E-state index contributed by atoms with van der Waals surface area (Å²) in [4.78, 5) is 23.9. The van der Waals surface area contributed by atoms with Gasteiger partial charge in [0.05, 0.1) is 11.8 Å². The zero-order valence-electron chi connectivity index (χ0n) is 16.2. The lowest BCUT2D eigenvalue weighted by molar-refractivity contribution is -0.123. The topological polar surface area (TPSA) is 77.0 Å². The van der Waals surface area contributed by atoms with Crippen LogP contribution in [0.15, 0.2) is 77.9 Å². The van der Waals surface area contributed by atoms with Gasteiger partial charge in [0.2, 0.25) is 0 Å². The van der Waals surface area contributed by atoms with Crippen molar-refractivity contribution in [2.75, 3.05) is 6.61 Å². The zero-order valence-corrected chi connectivity index (χ0v) is 16.9. The Morgan fingerprint density at radius 3 is 2.43 bits per heavy atom. The molecule has 0 radical (unpaired) electrons. The van der Waals surface area contributed by atoms with Gasteiger partial charge in [0.1, 0.15) is 11.5 Å². The van der Waals surface area contributed by atoms with E-state index >= 15 is 0 Å². The molecule has 0 bridgehead atoms. The van der Waals surface area contributed by atoms with E-state index in [9.17, 15) is 9.59 Å². The van der Waals surface area contributed by atoms with Crippen LogP contribution in [-0.2, 0) is 4.79 Å². The van der Waals surface area contributed by atoms with Crippen LogP contribution in [0.3, 0.4) is 0 Å². The Balaban J connectivity index is 1.46. The summed E-state index contributed by atoms with van der Waals surface area (Å²) in [6.07, 6.45) is 1.48. The molecule has 7 heteroatoms. The Morgan fingerprint density at radius 1 is 1.00 bits per heavy atom. The lowest BCUT2D eigenvalue weighted by Crippen LogP contribution is -2.24. The molecule has 30 heavy (non-hydrogen) atoms. The maximum absolute atomic E-state index is 12.1. The highest BCUT2D eigenvalue weighted by molar-refractivity contribution is 6.30. The summed E-state index contributed by atoms with van der Waals surface area (Å²) in [5, 5.41) is 4.44. The van der Waals surface area contributed by atoms with Gasteiger partial charge in [-0.15, -0.1) is 0 Å². The summed E-state index contributed by atoms with van der Waals surface area (Å²) < 4.78 is 10.7. The van der Waals surface area contributed by atoms with Crippen LogP contribution < -0.4 is 14.9 Å². The highest BCUT2D eigenvalue weighted by Crippen LogP contribution is 2.15. The van der Waals surface area contributed by atoms with Crippen molar-refractivity contribution < 1.29 is 19.1 Å². The molecule has 0 atom stereocenters. The molecule has 0 aromatic heterocycles.